The third-order valence-corrected chi connectivity index (χ3v) is 13.1. The molecule has 1 amide bonds. The average Bonchev–Trinajstić information content (AvgIpc) is 3.24. The van der Waals surface area contributed by atoms with Gasteiger partial charge in [0.15, 0.2) is 0 Å². The fourth-order valence-electron chi connectivity index (χ4n) is 7.83. The summed E-state index contributed by atoms with van der Waals surface area (Å²) in [5.41, 5.74) is 0. The van der Waals surface area contributed by atoms with Crippen LogP contribution in [0.3, 0.4) is 0 Å². The summed E-state index contributed by atoms with van der Waals surface area (Å²) in [5, 5.41) is 13.9. The van der Waals surface area contributed by atoms with Crippen LogP contribution >= 0.6 is 7.82 Å². The van der Waals surface area contributed by atoms with E-state index in [-0.39, 0.29) is 19.1 Å². The maximum Gasteiger partial charge on any atom is 0.268 e. The third kappa shape index (κ3) is 48.5. The second-order valence-electron chi connectivity index (χ2n) is 19.6. The van der Waals surface area contributed by atoms with Crippen LogP contribution in [0.25, 0.3) is 0 Å². The normalized spacial score (nSPS) is 14.3. The third-order valence-electron chi connectivity index (χ3n) is 12.1. The van der Waals surface area contributed by atoms with Crippen LogP contribution in [-0.2, 0) is 18.4 Å². The molecule has 0 saturated carbocycles. The van der Waals surface area contributed by atoms with E-state index in [2.05, 4.69) is 43.5 Å². The Morgan fingerprint density at radius 3 is 1.32 bits per heavy atom. The van der Waals surface area contributed by atoms with Gasteiger partial charge in [-0.25, -0.2) is 0 Å². The summed E-state index contributed by atoms with van der Waals surface area (Å²) in [6, 6.07) is -0.887. The Labute approximate surface area is 391 Å². The van der Waals surface area contributed by atoms with Crippen LogP contribution in [-0.4, -0.2) is 68.5 Å². The Morgan fingerprint density at radius 1 is 0.556 bits per heavy atom. The van der Waals surface area contributed by atoms with Gasteiger partial charge >= 0.3 is 0 Å². The number of rotatable bonds is 49. The van der Waals surface area contributed by atoms with E-state index in [4.69, 9.17) is 9.05 Å². The largest absolute Gasteiger partial charge is 0.756 e. The quantitative estimate of drug-likeness (QED) is 0.0272. The molecule has 2 N–H and O–H groups in total. The molecule has 0 aliphatic carbocycles. The van der Waals surface area contributed by atoms with Crippen LogP contribution in [0.4, 0.5) is 0 Å². The number of nitrogens with zero attached hydrogens (tertiary/aromatic N) is 1. The maximum atomic E-state index is 12.9. The highest BCUT2D eigenvalue weighted by atomic mass is 31.2. The van der Waals surface area contributed by atoms with Crippen molar-refractivity contribution in [3.05, 3.63) is 36.5 Å². The highest BCUT2D eigenvalue weighted by Gasteiger charge is 2.23. The molecule has 0 heterocycles. The van der Waals surface area contributed by atoms with E-state index in [0.717, 1.165) is 44.9 Å². The lowest BCUT2D eigenvalue weighted by molar-refractivity contribution is -0.870. The van der Waals surface area contributed by atoms with Gasteiger partial charge in [0.2, 0.25) is 5.91 Å². The highest BCUT2D eigenvalue weighted by Crippen LogP contribution is 2.38. The lowest BCUT2D eigenvalue weighted by Crippen LogP contribution is -2.45. The second kappa shape index (κ2) is 45.9. The van der Waals surface area contributed by atoms with Gasteiger partial charge in [-0.05, 0) is 51.4 Å². The number of carbonyl (C=O) groups excluding carboxylic acids is 1. The van der Waals surface area contributed by atoms with Gasteiger partial charge in [0.25, 0.3) is 7.82 Å². The number of unbranched alkanes of at least 4 members (excludes halogenated alkanes) is 32. The molecule has 0 aliphatic heterocycles. The molecule has 0 aromatic rings. The summed E-state index contributed by atoms with van der Waals surface area (Å²) in [4.78, 5) is 25.4. The predicted octanol–water partition coefficient (Wildman–Crippen LogP) is 15.2. The van der Waals surface area contributed by atoms with Crippen molar-refractivity contribution in [3.8, 4) is 0 Å². The highest BCUT2D eigenvalue weighted by molar-refractivity contribution is 7.45. The van der Waals surface area contributed by atoms with E-state index in [1.165, 1.54) is 186 Å². The van der Waals surface area contributed by atoms with Gasteiger partial charge in [-0.15, -0.1) is 0 Å². The predicted molar refractivity (Wildman–Crippen MR) is 270 cm³/mol. The van der Waals surface area contributed by atoms with Crippen molar-refractivity contribution in [1.82, 2.24) is 5.32 Å². The molecule has 0 radical (unpaired) electrons. The van der Waals surface area contributed by atoms with E-state index in [0.29, 0.717) is 17.4 Å². The maximum absolute atomic E-state index is 12.9. The number of aliphatic hydroxyl groups excluding tert-OH is 1. The summed E-state index contributed by atoms with van der Waals surface area (Å²) in [6.45, 7) is 4.66. The SMILES string of the molecule is CCCCCCC/C=C\C/C=C\CCCCCCCCCCCCCC(=O)NC(COP(=O)([O-])OCC[N+](C)(C)C)C(O)/C=C/CCCCCCCCCCCCCCCCCC. The number of hydrogen-bond acceptors (Lipinski definition) is 6. The molecule has 0 aliphatic rings. The van der Waals surface area contributed by atoms with E-state index in [1.807, 2.05) is 27.2 Å². The average molecular weight is 909 g/mol. The zero-order chi connectivity index (χ0) is 46.4. The number of amides is 1. The van der Waals surface area contributed by atoms with Gasteiger partial charge in [-0.1, -0.05) is 230 Å². The van der Waals surface area contributed by atoms with Crippen molar-refractivity contribution in [2.45, 2.75) is 264 Å². The standard InChI is InChI=1S/C54H105N2O6P/c1-6-8-10-12-14-16-18-20-22-24-26-27-28-29-30-32-34-36-38-40-42-44-46-48-54(58)55-52(51-62-63(59,60)61-50-49-56(3,4)5)53(57)47-45-43-41-39-37-35-33-31-25-23-21-19-17-15-13-11-9-7-2/h18,20,24,26,45,47,52-53,57H,6-17,19,21-23,25,27-44,46,48-51H2,1-5H3,(H-,55,58,59,60)/b20-18-,26-24-,47-45+. The number of carbonyl (C=O) groups is 1. The van der Waals surface area contributed by atoms with Crippen LogP contribution in [0.1, 0.15) is 251 Å². The fraction of sp³-hybridized carbons (Fsp3) is 0.870. The molecule has 3 unspecified atom stereocenters. The van der Waals surface area contributed by atoms with Crippen molar-refractivity contribution >= 4 is 13.7 Å². The van der Waals surface area contributed by atoms with E-state index >= 15 is 0 Å². The van der Waals surface area contributed by atoms with Crippen molar-refractivity contribution < 1.29 is 32.9 Å². The summed E-state index contributed by atoms with van der Waals surface area (Å²) in [5.74, 6) is -0.198. The molecule has 0 aromatic carbocycles. The number of quaternary nitrogens is 1. The van der Waals surface area contributed by atoms with Crippen molar-refractivity contribution in [1.29, 1.82) is 0 Å². The molecular weight excluding hydrogens is 804 g/mol. The molecule has 0 spiro atoms. The van der Waals surface area contributed by atoms with Crippen LogP contribution in [0.5, 0.6) is 0 Å². The molecule has 8 nitrogen and oxygen atoms in total. The summed E-state index contributed by atoms with van der Waals surface area (Å²) >= 11 is 0. The Balaban J connectivity index is 4.26. The Bertz CT molecular complexity index is 1120. The summed E-state index contributed by atoms with van der Waals surface area (Å²) in [6.07, 6.45) is 57.7. The minimum atomic E-state index is -4.59. The summed E-state index contributed by atoms with van der Waals surface area (Å²) in [7, 11) is 1.26. The lowest BCUT2D eigenvalue weighted by atomic mass is 10.0. The lowest BCUT2D eigenvalue weighted by Gasteiger charge is -2.29. The number of phosphoric ester groups is 1. The first kappa shape index (κ1) is 61.7. The number of nitrogens with one attached hydrogen (secondary N) is 1. The van der Waals surface area contributed by atoms with E-state index in [1.54, 1.807) is 6.08 Å². The Hall–Kier alpha value is -1.28. The molecule has 9 heteroatoms. The minimum absolute atomic E-state index is 0.000933. The van der Waals surface area contributed by atoms with Crippen LogP contribution in [0.15, 0.2) is 36.5 Å². The number of aliphatic hydroxyl groups is 1. The molecule has 0 rings (SSSR count). The molecule has 3 atom stereocenters. The number of allylic oxidation sites excluding steroid dienone is 5. The topological polar surface area (TPSA) is 108 Å². The van der Waals surface area contributed by atoms with Crippen molar-refractivity contribution in [2.24, 2.45) is 0 Å². The molecular formula is C54H105N2O6P. The monoisotopic (exact) mass is 909 g/mol. The van der Waals surface area contributed by atoms with Crippen LogP contribution < -0.4 is 10.2 Å². The molecule has 0 saturated heterocycles. The smallest absolute Gasteiger partial charge is 0.268 e. The van der Waals surface area contributed by atoms with Crippen LogP contribution in [0.2, 0.25) is 0 Å². The van der Waals surface area contributed by atoms with Crippen LogP contribution in [0, 0.1) is 0 Å². The zero-order valence-corrected chi connectivity index (χ0v) is 43.2. The molecule has 372 valence electrons. The Morgan fingerprint density at radius 2 is 0.921 bits per heavy atom. The van der Waals surface area contributed by atoms with Gasteiger partial charge in [0.05, 0.1) is 39.9 Å². The second-order valence-corrected chi connectivity index (χ2v) is 21.0. The molecule has 0 fully saturated rings. The van der Waals surface area contributed by atoms with E-state index < -0.39 is 20.0 Å². The number of hydrogen-bond donors (Lipinski definition) is 2. The Kier molecular flexibility index (Phi) is 44.9. The van der Waals surface area contributed by atoms with Gasteiger partial charge in [-0.2, -0.15) is 0 Å². The molecule has 63 heavy (non-hydrogen) atoms. The van der Waals surface area contributed by atoms with Gasteiger partial charge in [0, 0.05) is 6.42 Å². The van der Waals surface area contributed by atoms with E-state index in [9.17, 15) is 19.4 Å². The summed E-state index contributed by atoms with van der Waals surface area (Å²) < 4.78 is 23.3. The first-order valence-corrected chi connectivity index (χ1v) is 28.3. The zero-order valence-electron chi connectivity index (χ0n) is 42.3. The number of phosphoric acid groups is 1. The fourth-order valence-corrected chi connectivity index (χ4v) is 8.55. The van der Waals surface area contributed by atoms with Gasteiger partial charge in [-0.3, -0.25) is 9.36 Å². The van der Waals surface area contributed by atoms with Crippen molar-refractivity contribution in [3.63, 3.8) is 0 Å². The molecule has 0 aromatic heterocycles. The van der Waals surface area contributed by atoms with Gasteiger partial charge < -0.3 is 28.8 Å². The molecule has 0 bridgehead atoms. The minimum Gasteiger partial charge on any atom is -0.756 e. The number of likely N-dealkylation sites (N-methyl/N-ethyl adjacent to an activating group) is 1. The first-order valence-electron chi connectivity index (χ1n) is 26.9. The van der Waals surface area contributed by atoms with Gasteiger partial charge in [0.1, 0.15) is 13.2 Å². The first-order chi connectivity index (χ1) is 30.5. The van der Waals surface area contributed by atoms with Crippen molar-refractivity contribution in [2.75, 3.05) is 40.9 Å².